The van der Waals surface area contributed by atoms with Gasteiger partial charge in [0.1, 0.15) is 11.5 Å². The van der Waals surface area contributed by atoms with Crippen molar-refractivity contribution in [3.63, 3.8) is 0 Å². The van der Waals surface area contributed by atoms with Gasteiger partial charge in [0, 0.05) is 10.7 Å². The lowest BCUT2D eigenvalue weighted by Gasteiger charge is -2.09. The minimum absolute atomic E-state index is 0.133. The van der Waals surface area contributed by atoms with Crippen LogP contribution in [0, 0.1) is 13.8 Å². The molecule has 0 aliphatic heterocycles. The number of hydrogen-bond acceptors (Lipinski definition) is 5. The predicted octanol–water partition coefficient (Wildman–Crippen LogP) is 4.50. The summed E-state index contributed by atoms with van der Waals surface area (Å²) >= 11 is 5.81. The molecule has 8 heteroatoms. The van der Waals surface area contributed by atoms with Gasteiger partial charge in [-0.05, 0) is 79.1 Å². The molecule has 2 N–H and O–H groups in total. The fourth-order valence-electron chi connectivity index (χ4n) is 2.74. The molecule has 3 rings (SSSR count). The average Bonchev–Trinajstić information content (AvgIpc) is 2.80. The summed E-state index contributed by atoms with van der Waals surface area (Å²) in [6.07, 6.45) is 1.47. The number of nitrogens with zero attached hydrogens (tertiary/aromatic N) is 1. The van der Waals surface area contributed by atoms with Crippen LogP contribution in [0.15, 0.2) is 71.8 Å². The van der Waals surface area contributed by atoms with Gasteiger partial charge in [0.25, 0.3) is 11.8 Å². The van der Waals surface area contributed by atoms with Crippen LogP contribution >= 0.6 is 11.6 Å². The van der Waals surface area contributed by atoms with Crippen LogP contribution in [0.1, 0.15) is 16.7 Å². The Labute approximate surface area is 197 Å². The smallest absolute Gasteiger partial charge is 0.277 e. The molecule has 0 bridgehead atoms. The van der Waals surface area contributed by atoms with Crippen LogP contribution in [0.4, 0.5) is 5.69 Å². The van der Waals surface area contributed by atoms with Crippen molar-refractivity contribution < 1.29 is 19.1 Å². The molecule has 0 heterocycles. The van der Waals surface area contributed by atoms with Gasteiger partial charge in [-0.25, -0.2) is 5.43 Å². The second-order valence-electron chi connectivity index (χ2n) is 7.24. The predicted molar refractivity (Wildman–Crippen MR) is 129 cm³/mol. The van der Waals surface area contributed by atoms with E-state index < -0.39 is 5.91 Å². The van der Waals surface area contributed by atoms with Gasteiger partial charge < -0.3 is 14.8 Å². The van der Waals surface area contributed by atoms with E-state index in [9.17, 15) is 9.59 Å². The molecule has 0 aliphatic carbocycles. The maximum atomic E-state index is 12.2. The third kappa shape index (κ3) is 7.97. The number of hydrazone groups is 1. The van der Waals surface area contributed by atoms with Crippen molar-refractivity contribution in [1.29, 1.82) is 0 Å². The van der Waals surface area contributed by atoms with Crippen molar-refractivity contribution in [2.45, 2.75) is 13.8 Å². The first kappa shape index (κ1) is 23.8. The van der Waals surface area contributed by atoms with Crippen molar-refractivity contribution in [3.05, 3.63) is 88.4 Å². The number of anilines is 1. The number of carbonyl (C=O) groups excluding carboxylic acids is 2. The van der Waals surface area contributed by atoms with Crippen LogP contribution in [-0.4, -0.2) is 31.2 Å². The maximum absolute atomic E-state index is 12.2. The van der Waals surface area contributed by atoms with E-state index in [2.05, 4.69) is 15.8 Å². The Morgan fingerprint density at radius 3 is 2.36 bits per heavy atom. The van der Waals surface area contributed by atoms with E-state index in [1.165, 1.54) is 6.21 Å². The minimum atomic E-state index is -0.406. The first-order chi connectivity index (χ1) is 15.9. The number of hydrogen-bond donors (Lipinski definition) is 2. The lowest BCUT2D eigenvalue weighted by Crippen LogP contribution is -2.24. The molecule has 0 saturated carbocycles. The summed E-state index contributed by atoms with van der Waals surface area (Å²) in [5, 5.41) is 7.31. The standard InChI is InChI=1S/C25H24ClN3O4/c1-17-6-9-21(12-18(17)2)28-24(30)15-33-23-5-3-4-19(13-23)14-27-29-25(31)16-32-22-10-7-20(26)8-11-22/h3-14H,15-16H2,1-2H3,(H,28,30)(H,29,31)/b27-14-. The van der Waals surface area contributed by atoms with E-state index in [0.29, 0.717) is 22.1 Å². The molecule has 3 aromatic carbocycles. The van der Waals surface area contributed by atoms with Gasteiger partial charge in [-0.1, -0.05) is 29.8 Å². The Morgan fingerprint density at radius 1 is 0.879 bits per heavy atom. The van der Waals surface area contributed by atoms with E-state index in [1.54, 1.807) is 48.5 Å². The van der Waals surface area contributed by atoms with Gasteiger partial charge in [-0.2, -0.15) is 5.10 Å². The molecular formula is C25H24ClN3O4. The molecule has 7 nitrogen and oxygen atoms in total. The monoisotopic (exact) mass is 465 g/mol. The van der Waals surface area contributed by atoms with Crippen LogP contribution in [0.25, 0.3) is 0 Å². The number of rotatable bonds is 9. The normalized spacial score (nSPS) is 10.6. The molecule has 3 aromatic rings. The molecule has 170 valence electrons. The highest BCUT2D eigenvalue weighted by Gasteiger charge is 2.06. The Morgan fingerprint density at radius 2 is 1.61 bits per heavy atom. The Bertz CT molecular complexity index is 1150. The van der Waals surface area contributed by atoms with Crippen LogP contribution in [-0.2, 0) is 9.59 Å². The second-order valence-corrected chi connectivity index (χ2v) is 7.68. The third-order valence-corrected chi connectivity index (χ3v) is 4.86. The Kier molecular flexibility index (Phi) is 8.43. The summed E-state index contributed by atoms with van der Waals surface area (Å²) in [5.41, 5.74) is 6.07. The van der Waals surface area contributed by atoms with Gasteiger partial charge in [0.15, 0.2) is 13.2 Å². The fraction of sp³-hybridized carbons (Fsp3) is 0.160. The molecular weight excluding hydrogens is 442 g/mol. The Hall–Kier alpha value is -3.84. The quantitative estimate of drug-likeness (QED) is 0.359. The van der Waals surface area contributed by atoms with E-state index in [4.69, 9.17) is 21.1 Å². The highest BCUT2D eigenvalue weighted by molar-refractivity contribution is 6.30. The highest BCUT2D eigenvalue weighted by atomic mass is 35.5. The molecule has 2 amide bonds. The van der Waals surface area contributed by atoms with Gasteiger partial charge in [0.2, 0.25) is 0 Å². The number of benzene rings is 3. The number of halogens is 1. The molecule has 0 spiro atoms. The summed E-state index contributed by atoms with van der Waals surface area (Å²) in [6.45, 7) is 3.69. The highest BCUT2D eigenvalue weighted by Crippen LogP contribution is 2.16. The van der Waals surface area contributed by atoms with Crippen LogP contribution < -0.4 is 20.2 Å². The van der Waals surface area contributed by atoms with Gasteiger partial charge in [-0.15, -0.1) is 0 Å². The van der Waals surface area contributed by atoms with Gasteiger partial charge in [0.05, 0.1) is 6.21 Å². The molecule has 0 unspecified atom stereocenters. The van der Waals surface area contributed by atoms with Crippen molar-refractivity contribution in [3.8, 4) is 11.5 Å². The van der Waals surface area contributed by atoms with Crippen LogP contribution in [0.2, 0.25) is 5.02 Å². The zero-order valence-corrected chi connectivity index (χ0v) is 19.1. The second kappa shape index (κ2) is 11.7. The Balaban J connectivity index is 1.44. The van der Waals surface area contributed by atoms with Gasteiger partial charge in [-0.3, -0.25) is 9.59 Å². The average molecular weight is 466 g/mol. The first-order valence-electron chi connectivity index (χ1n) is 10.2. The first-order valence-corrected chi connectivity index (χ1v) is 10.6. The van der Waals surface area contributed by atoms with E-state index in [0.717, 1.165) is 16.8 Å². The maximum Gasteiger partial charge on any atom is 0.277 e. The number of carbonyl (C=O) groups is 2. The SMILES string of the molecule is Cc1ccc(NC(=O)COc2cccc(/C=N\NC(=O)COc3ccc(Cl)cc3)c2)cc1C. The van der Waals surface area contributed by atoms with Crippen molar-refractivity contribution in [2.75, 3.05) is 18.5 Å². The summed E-state index contributed by atoms with van der Waals surface area (Å²) in [6, 6.07) is 19.4. The lowest BCUT2D eigenvalue weighted by atomic mass is 10.1. The van der Waals surface area contributed by atoms with Gasteiger partial charge >= 0.3 is 0 Å². The van der Waals surface area contributed by atoms with E-state index in [1.807, 2.05) is 32.0 Å². The zero-order chi connectivity index (χ0) is 23.6. The number of nitrogens with one attached hydrogen (secondary N) is 2. The lowest BCUT2D eigenvalue weighted by molar-refractivity contribution is -0.123. The molecule has 33 heavy (non-hydrogen) atoms. The zero-order valence-electron chi connectivity index (χ0n) is 18.3. The largest absolute Gasteiger partial charge is 0.484 e. The molecule has 0 atom stereocenters. The molecule has 0 aliphatic rings. The van der Waals surface area contributed by atoms with E-state index in [-0.39, 0.29) is 19.1 Å². The molecule has 0 fully saturated rings. The number of amides is 2. The topological polar surface area (TPSA) is 89.0 Å². The summed E-state index contributed by atoms with van der Waals surface area (Å²) in [5.74, 6) is 0.374. The fourth-order valence-corrected chi connectivity index (χ4v) is 2.87. The van der Waals surface area contributed by atoms with Crippen molar-refractivity contribution in [2.24, 2.45) is 5.10 Å². The molecule has 0 radical (unpaired) electrons. The minimum Gasteiger partial charge on any atom is -0.484 e. The number of ether oxygens (including phenoxy) is 2. The van der Waals surface area contributed by atoms with Crippen LogP contribution in [0.5, 0.6) is 11.5 Å². The summed E-state index contributed by atoms with van der Waals surface area (Å²) in [4.78, 5) is 24.0. The third-order valence-electron chi connectivity index (χ3n) is 4.61. The van der Waals surface area contributed by atoms with Crippen molar-refractivity contribution in [1.82, 2.24) is 5.43 Å². The molecule has 0 saturated heterocycles. The summed E-state index contributed by atoms with van der Waals surface area (Å²) < 4.78 is 10.9. The summed E-state index contributed by atoms with van der Waals surface area (Å²) in [7, 11) is 0. The van der Waals surface area contributed by atoms with Crippen molar-refractivity contribution >= 4 is 35.3 Å². The molecule has 0 aromatic heterocycles. The van der Waals surface area contributed by atoms with Crippen LogP contribution in [0.3, 0.4) is 0 Å². The number of aryl methyl sites for hydroxylation is 2. The van der Waals surface area contributed by atoms with E-state index >= 15 is 0 Å².